The Hall–Kier alpha value is -0.220. The van der Waals surface area contributed by atoms with E-state index in [9.17, 15) is 4.79 Å². The SMILES string of the molecule is CC(C)(CN)C(S)C(=O)O. The third-order valence-electron chi connectivity index (χ3n) is 1.50. The summed E-state index contributed by atoms with van der Waals surface area (Å²) in [4.78, 5) is 10.4. The lowest BCUT2D eigenvalue weighted by Gasteiger charge is -2.25. The number of carboxylic acids is 1. The predicted octanol–water partition coefficient (Wildman–Crippen LogP) is 0.354. The second kappa shape index (κ2) is 3.25. The first-order chi connectivity index (χ1) is 4.41. The van der Waals surface area contributed by atoms with Gasteiger partial charge in [-0.25, -0.2) is 0 Å². The third-order valence-corrected chi connectivity index (χ3v) is 2.42. The third kappa shape index (κ3) is 2.19. The van der Waals surface area contributed by atoms with Crippen LogP contribution < -0.4 is 5.73 Å². The maximum Gasteiger partial charge on any atom is 0.316 e. The first-order valence-corrected chi connectivity index (χ1v) is 3.54. The van der Waals surface area contributed by atoms with Crippen LogP contribution in [0.2, 0.25) is 0 Å². The van der Waals surface area contributed by atoms with Crippen molar-refractivity contribution < 1.29 is 9.90 Å². The average Bonchev–Trinajstić information content (AvgIpc) is 1.86. The van der Waals surface area contributed by atoms with E-state index in [0.29, 0.717) is 6.54 Å². The summed E-state index contributed by atoms with van der Waals surface area (Å²) in [6, 6.07) is 0. The maximum absolute atomic E-state index is 10.4. The predicted molar refractivity (Wildman–Crippen MR) is 43.2 cm³/mol. The topological polar surface area (TPSA) is 63.3 Å². The molecular weight excluding hydrogens is 150 g/mol. The molecule has 60 valence electrons. The van der Waals surface area contributed by atoms with Gasteiger partial charge in [-0.3, -0.25) is 4.79 Å². The van der Waals surface area contributed by atoms with Gasteiger partial charge in [0, 0.05) is 0 Å². The molecule has 0 aliphatic rings. The lowest BCUT2D eigenvalue weighted by atomic mass is 9.89. The van der Waals surface area contributed by atoms with Crippen molar-refractivity contribution in [3.8, 4) is 0 Å². The van der Waals surface area contributed by atoms with E-state index < -0.39 is 16.6 Å². The standard InChI is InChI=1S/C6H13NO2S/c1-6(2,3-7)4(10)5(8)9/h4,10H,3,7H2,1-2H3,(H,8,9). The van der Waals surface area contributed by atoms with Crippen molar-refractivity contribution in [1.82, 2.24) is 0 Å². The van der Waals surface area contributed by atoms with Crippen molar-refractivity contribution in [2.75, 3.05) is 6.54 Å². The number of carbonyl (C=O) groups is 1. The highest BCUT2D eigenvalue weighted by atomic mass is 32.1. The average molecular weight is 163 g/mol. The second-order valence-electron chi connectivity index (χ2n) is 2.93. The smallest absolute Gasteiger partial charge is 0.316 e. The van der Waals surface area contributed by atoms with E-state index in [1.165, 1.54) is 0 Å². The molecule has 0 amide bonds. The zero-order chi connectivity index (χ0) is 8.36. The first-order valence-electron chi connectivity index (χ1n) is 3.03. The minimum Gasteiger partial charge on any atom is -0.480 e. The van der Waals surface area contributed by atoms with Crippen LogP contribution in [-0.4, -0.2) is 22.9 Å². The largest absolute Gasteiger partial charge is 0.480 e. The Morgan fingerprint density at radius 3 is 2.30 bits per heavy atom. The van der Waals surface area contributed by atoms with Crippen molar-refractivity contribution >= 4 is 18.6 Å². The van der Waals surface area contributed by atoms with Gasteiger partial charge in [0.2, 0.25) is 0 Å². The number of hydrogen-bond donors (Lipinski definition) is 3. The molecule has 0 saturated carbocycles. The van der Waals surface area contributed by atoms with Crippen molar-refractivity contribution in [2.24, 2.45) is 11.1 Å². The van der Waals surface area contributed by atoms with Gasteiger partial charge in [-0.2, -0.15) is 12.6 Å². The zero-order valence-electron chi connectivity index (χ0n) is 6.16. The van der Waals surface area contributed by atoms with E-state index >= 15 is 0 Å². The van der Waals surface area contributed by atoms with Crippen molar-refractivity contribution in [2.45, 2.75) is 19.1 Å². The highest BCUT2D eigenvalue weighted by Crippen LogP contribution is 2.23. The normalized spacial score (nSPS) is 14.8. The van der Waals surface area contributed by atoms with Gasteiger partial charge in [-0.05, 0) is 12.0 Å². The molecule has 4 heteroatoms. The fourth-order valence-electron chi connectivity index (χ4n) is 0.446. The molecular formula is C6H13NO2S. The summed E-state index contributed by atoms with van der Waals surface area (Å²) in [5.41, 5.74) is 4.90. The number of thiol groups is 1. The number of aliphatic carboxylic acids is 1. The van der Waals surface area contributed by atoms with E-state index in [0.717, 1.165) is 0 Å². The number of nitrogens with two attached hydrogens (primary N) is 1. The monoisotopic (exact) mass is 163 g/mol. The van der Waals surface area contributed by atoms with Gasteiger partial charge < -0.3 is 10.8 Å². The maximum atomic E-state index is 10.4. The van der Waals surface area contributed by atoms with Crippen LogP contribution >= 0.6 is 12.6 Å². The van der Waals surface area contributed by atoms with Crippen LogP contribution in [0.25, 0.3) is 0 Å². The second-order valence-corrected chi connectivity index (χ2v) is 3.45. The molecule has 0 aliphatic carbocycles. The highest BCUT2D eigenvalue weighted by molar-refractivity contribution is 7.81. The minimum atomic E-state index is -0.918. The Kier molecular flexibility index (Phi) is 3.18. The van der Waals surface area contributed by atoms with Gasteiger partial charge in [0.25, 0.3) is 0 Å². The molecule has 0 radical (unpaired) electrons. The molecule has 3 N–H and O–H groups in total. The van der Waals surface area contributed by atoms with E-state index in [1.807, 2.05) is 0 Å². The van der Waals surface area contributed by atoms with Gasteiger partial charge in [0.1, 0.15) is 5.25 Å². The molecule has 0 aromatic rings. The number of carboxylic acid groups (broad SMARTS) is 1. The molecule has 3 nitrogen and oxygen atoms in total. The van der Waals surface area contributed by atoms with Gasteiger partial charge >= 0.3 is 5.97 Å². The molecule has 0 spiro atoms. The van der Waals surface area contributed by atoms with Crippen LogP contribution in [0.5, 0.6) is 0 Å². The van der Waals surface area contributed by atoms with Gasteiger partial charge in [-0.15, -0.1) is 0 Å². The van der Waals surface area contributed by atoms with Crippen molar-refractivity contribution in [1.29, 1.82) is 0 Å². The van der Waals surface area contributed by atoms with Crippen LogP contribution in [0, 0.1) is 5.41 Å². The number of hydrogen-bond acceptors (Lipinski definition) is 3. The Morgan fingerprint density at radius 2 is 2.20 bits per heavy atom. The van der Waals surface area contributed by atoms with Crippen molar-refractivity contribution in [3.05, 3.63) is 0 Å². The molecule has 1 atom stereocenters. The van der Waals surface area contributed by atoms with Gasteiger partial charge in [-0.1, -0.05) is 13.8 Å². The summed E-state index contributed by atoms with van der Waals surface area (Å²) in [5, 5.41) is 7.83. The summed E-state index contributed by atoms with van der Waals surface area (Å²) in [6.07, 6.45) is 0. The Bertz CT molecular complexity index is 136. The van der Waals surface area contributed by atoms with Crippen LogP contribution in [-0.2, 0) is 4.79 Å². The summed E-state index contributed by atoms with van der Waals surface area (Å²) < 4.78 is 0. The molecule has 0 aromatic heterocycles. The lowest BCUT2D eigenvalue weighted by molar-refractivity contribution is -0.138. The molecule has 0 aromatic carbocycles. The summed E-state index contributed by atoms with van der Waals surface area (Å²) >= 11 is 3.91. The Morgan fingerprint density at radius 1 is 1.80 bits per heavy atom. The number of rotatable bonds is 3. The molecule has 0 fully saturated rings. The lowest BCUT2D eigenvalue weighted by Crippen LogP contribution is -2.38. The van der Waals surface area contributed by atoms with Crippen LogP contribution in [0.1, 0.15) is 13.8 Å². The van der Waals surface area contributed by atoms with E-state index in [4.69, 9.17) is 10.8 Å². The summed E-state index contributed by atoms with van der Waals surface area (Å²) in [7, 11) is 0. The molecule has 0 heterocycles. The fourth-order valence-corrected chi connectivity index (χ4v) is 0.551. The zero-order valence-corrected chi connectivity index (χ0v) is 7.06. The van der Waals surface area contributed by atoms with Crippen molar-refractivity contribution in [3.63, 3.8) is 0 Å². The van der Waals surface area contributed by atoms with Crippen LogP contribution in [0.3, 0.4) is 0 Å². The Labute approximate surface area is 66.0 Å². The van der Waals surface area contributed by atoms with E-state index in [-0.39, 0.29) is 0 Å². The quantitative estimate of drug-likeness (QED) is 0.526. The summed E-state index contributed by atoms with van der Waals surface area (Å²) in [5.74, 6) is -0.918. The molecule has 10 heavy (non-hydrogen) atoms. The van der Waals surface area contributed by atoms with Gasteiger partial charge in [0.05, 0.1) is 0 Å². The Balaban J connectivity index is 4.17. The summed E-state index contributed by atoms with van der Waals surface area (Å²) in [6.45, 7) is 3.88. The molecule has 0 aliphatic heterocycles. The van der Waals surface area contributed by atoms with E-state index in [2.05, 4.69) is 12.6 Å². The molecule has 0 rings (SSSR count). The van der Waals surface area contributed by atoms with Crippen LogP contribution in [0.15, 0.2) is 0 Å². The molecule has 1 unspecified atom stereocenters. The first kappa shape index (κ1) is 9.78. The molecule has 0 bridgehead atoms. The minimum absolute atomic E-state index is 0.327. The van der Waals surface area contributed by atoms with Gasteiger partial charge in [0.15, 0.2) is 0 Å². The highest BCUT2D eigenvalue weighted by Gasteiger charge is 2.30. The fraction of sp³-hybridized carbons (Fsp3) is 0.833. The van der Waals surface area contributed by atoms with E-state index in [1.54, 1.807) is 13.8 Å². The van der Waals surface area contributed by atoms with Crippen LogP contribution in [0.4, 0.5) is 0 Å². The molecule has 0 saturated heterocycles.